The average Bonchev–Trinajstić information content (AvgIpc) is 3.75. The van der Waals surface area contributed by atoms with E-state index in [0.717, 1.165) is 12.1 Å². The van der Waals surface area contributed by atoms with E-state index >= 15 is 0 Å². The van der Waals surface area contributed by atoms with Gasteiger partial charge in [-0.15, -0.1) is 0 Å². The van der Waals surface area contributed by atoms with Gasteiger partial charge in [0.1, 0.15) is 4.90 Å². The second-order valence-electron chi connectivity index (χ2n) is 9.13. The van der Waals surface area contributed by atoms with Crippen molar-refractivity contribution in [3.05, 3.63) is 54.4 Å². The van der Waals surface area contributed by atoms with E-state index in [1.807, 2.05) is 0 Å². The number of sulfonamides is 2. The van der Waals surface area contributed by atoms with Crippen molar-refractivity contribution in [2.75, 3.05) is 19.5 Å². The minimum atomic E-state index is -4.29. The van der Waals surface area contributed by atoms with Gasteiger partial charge in [0.2, 0.25) is 25.9 Å². The molecule has 16 heteroatoms. The number of nitrogens with two attached hydrogens (primary N) is 1. The van der Waals surface area contributed by atoms with Gasteiger partial charge in [-0.2, -0.15) is 4.98 Å². The Morgan fingerprint density at radius 1 is 1.02 bits per heavy atom. The van der Waals surface area contributed by atoms with Crippen LogP contribution in [-0.2, 0) is 20.0 Å². The highest BCUT2D eigenvalue weighted by Crippen LogP contribution is 2.37. The molecule has 0 radical (unpaired) electrons. The zero-order valence-electron chi connectivity index (χ0n) is 21.7. The lowest BCUT2D eigenvalue weighted by Crippen LogP contribution is -2.26. The van der Waals surface area contributed by atoms with E-state index in [9.17, 15) is 26.7 Å². The third kappa shape index (κ3) is 5.90. The maximum atomic E-state index is 13.3. The molecule has 0 amide bonds. The Morgan fingerprint density at radius 3 is 2.41 bits per heavy atom. The zero-order chi connectivity index (χ0) is 29.5. The van der Waals surface area contributed by atoms with E-state index in [-0.39, 0.29) is 39.8 Å². The van der Waals surface area contributed by atoms with Crippen molar-refractivity contribution in [1.29, 1.82) is 0 Å². The Labute approximate surface area is 234 Å². The van der Waals surface area contributed by atoms with Crippen molar-refractivity contribution in [3.63, 3.8) is 0 Å². The van der Waals surface area contributed by atoms with Crippen LogP contribution in [0.15, 0.2) is 58.6 Å². The van der Waals surface area contributed by atoms with E-state index < -0.39 is 30.9 Å². The average molecular weight is 601 g/mol. The molecule has 0 bridgehead atoms. The fraction of sp³-hybridized carbons (Fsp3) is 0.200. The second-order valence-corrected chi connectivity index (χ2v) is 12.4. The van der Waals surface area contributed by atoms with Gasteiger partial charge in [-0.1, -0.05) is 12.1 Å². The molecule has 0 aliphatic heterocycles. The SMILES string of the molecule is COc1ncc(-c2ccc3c(Nc4cc(C(=O)O)cc(S(N)(=O)=O)c4)c(S(=O)(=O)NC4CC4)cnc3c2)c(OC)n1. The fourth-order valence-corrected chi connectivity index (χ4v) is 6.07. The maximum Gasteiger partial charge on any atom is 0.335 e. The van der Waals surface area contributed by atoms with Crippen molar-refractivity contribution in [1.82, 2.24) is 19.7 Å². The summed E-state index contributed by atoms with van der Waals surface area (Å²) in [6.07, 6.45) is 4.06. The van der Waals surface area contributed by atoms with Gasteiger partial charge in [0.15, 0.2) is 0 Å². The van der Waals surface area contributed by atoms with Crippen molar-refractivity contribution in [3.8, 4) is 23.0 Å². The Hall–Kier alpha value is -4.38. The smallest absolute Gasteiger partial charge is 0.335 e. The number of aromatic nitrogens is 3. The zero-order valence-corrected chi connectivity index (χ0v) is 23.3. The number of carbonyl (C=O) groups is 1. The number of nitrogens with zero attached hydrogens (tertiary/aromatic N) is 3. The lowest BCUT2D eigenvalue weighted by atomic mass is 10.0. The molecule has 5 N–H and O–H groups in total. The molecule has 41 heavy (non-hydrogen) atoms. The number of hydrogen-bond acceptors (Lipinski definition) is 11. The summed E-state index contributed by atoms with van der Waals surface area (Å²) in [5.41, 5.74) is 1.15. The molecule has 0 saturated heterocycles. The largest absolute Gasteiger partial charge is 0.480 e. The molecule has 0 spiro atoms. The molecule has 4 aromatic rings. The van der Waals surface area contributed by atoms with Gasteiger partial charge in [-0.05, 0) is 42.7 Å². The highest BCUT2D eigenvalue weighted by Gasteiger charge is 2.31. The molecule has 1 aliphatic carbocycles. The number of carboxylic acids is 1. The topological polar surface area (TPSA) is 213 Å². The number of pyridine rings is 1. The van der Waals surface area contributed by atoms with Crippen molar-refractivity contribution in [2.45, 2.75) is 28.7 Å². The summed E-state index contributed by atoms with van der Waals surface area (Å²) < 4.78 is 63.8. The Balaban J connectivity index is 1.69. The van der Waals surface area contributed by atoms with E-state index in [0.29, 0.717) is 34.9 Å². The minimum absolute atomic E-state index is 0.0152. The molecule has 14 nitrogen and oxygen atoms in total. The quantitative estimate of drug-likeness (QED) is 0.206. The first-order chi connectivity index (χ1) is 19.4. The molecule has 5 rings (SSSR count). The first-order valence-corrected chi connectivity index (χ1v) is 15.0. The molecule has 1 fully saturated rings. The number of aromatic carboxylic acids is 1. The number of methoxy groups -OCH3 is 2. The number of hydrogen-bond donors (Lipinski definition) is 4. The normalized spacial score (nSPS) is 13.6. The van der Waals surface area contributed by atoms with Crippen LogP contribution in [0.5, 0.6) is 11.9 Å². The fourth-order valence-electron chi connectivity index (χ4n) is 4.07. The number of nitrogens with one attached hydrogen (secondary N) is 2. The first kappa shape index (κ1) is 28.2. The predicted octanol–water partition coefficient (Wildman–Crippen LogP) is 2.24. The van der Waals surface area contributed by atoms with Gasteiger partial charge >= 0.3 is 12.0 Å². The highest BCUT2D eigenvalue weighted by atomic mass is 32.2. The number of rotatable bonds is 10. The third-order valence-electron chi connectivity index (χ3n) is 6.19. The molecule has 0 atom stereocenters. The van der Waals surface area contributed by atoms with Gasteiger partial charge in [-0.3, -0.25) is 4.98 Å². The number of benzene rings is 2. The van der Waals surface area contributed by atoms with Crippen molar-refractivity contribution in [2.24, 2.45) is 5.14 Å². The Kier molecular flexibility index (Phi) is 7.24. The molecule has 0 unspecified atom stereocenters. The van der Waals surface area contributed by atoms with Crippen molar-refractivity contribution >= 4 is 48.3 Å². The molecule has 2 aromatic carbocycles. The number of fused-ring (bicyclic) bond motifs is 1. The molecule has 2 heterocycles. The third-order valence-corrected chi connectivity index (χ3v) is 8.62. The summed E-state index contributed by atoms with van der Waals surface area (Å²) in [6.45, 7) is 0. The molecule has 1 saturated carbocycles. The van der Waals surface area contributed by atoms with Crippen LogP contribution in [-0.4, -0.2) is 63.1 Å². The summed E-state index contributed by atoms with van der Waals surface area (Å²) in [4.78, 5) is 23.7. The van der Waals surface area contributed by atoms with E-state index in [2.05, 4.69) is 25.0 Å². The van der Waals surface area contributed by atoms with Gasteiger partial charge in [-0.25, -0.2) is 36.5 Å². The van der Waals surface area contributed by atoms with Crippen LogP contribution in [0.4, 0.5) is 11.4 Å². The lowest BCUT2D eigenvalue weighted by Gasteiger charge is -2.17. The van der Waals surface area contributed by atoms with Crippen LogP contribution in [0.25, 0.3) is 22.0 Å². The van der Waals surface area contributed by atoms with E-state index in [4.69, 9.17) is 14.6 Å². The maximum absolute atomic E-state index is 13.3. The summed E-state index contributed by atoms with van der Waals surface area (Å²) >= 11 is 0. The Morgan fingerprint density at radius 2 is 1.78 bits per heavy atom. The summed E-state index contributed by atoms with van der Waals surface area (Å²) in [6, 6.07) is 8.06. The standard InChI is InChI=1S/C25H24N6O8S2/c1-38-23-19(11-28-25(30-23)39-2)13-3-6-18-20(9-13)27-12-21(41(36,37)31-15-4-5-15)22(18)29-16-7-14(24(32)33)8-17(10-16)40(26,34)35/h3,6-12,15,31H,4-5H2,1-2H3,(H,27,29)(H,32,33)(H2,26,34,35). The van der Waals surface area contributed by atoms with Gasteiger partial charge in [0.05, 0.1) is 41.4 Å². The highest BCUT2D eigenvalue weighted by molar-refractivity contribution is 7.89. The minimum Gasteiger partial charge on any atom is -0.480 e. The second kappa shape index (κ2) is 10.5. The van der Waals surface area contributed by atoms with Crippen LogP contribution in [0.2, 0.25) is 0 Å². The molecule has 1 aliphatic rings. The lowest BCUT2D eigenvalue weighted by molar-refractivity contribution is 0.0696. The molecular formula is C25H24N6O8S2. The number of carboxylic acid groups (broad SMARTS) is 1. The van der Waals surface area contributed by atoms with Crippen LogP contribution in [0.1, 0.15) is 23.2 Å². The van der Waals surface area contributed by atoms with E-state index in [1.54, 1.807) is 18.2 Å². The summed E-state index contributed by atoms with van der Waals surface area (Å²) in [7, 11) is -5.50. The van der Waals surface area contributed by atoms with Crippen LogP contribution in [0, 0.1) is 0 Å². The predicted molar refractivity (Wildman–Crippen MR) is 147 cm³/mol. The van der Waals surface area contributed by atoms with E-state index in [1.165, 1.54) is 32.7 Å². The molecular weight excluding hydrogens is 576 g/mol. The first-order valence-electron chi connectivity index (χ1n) is 12.0. The van der Waals surface area contributed by atoms with Crippen molar-refractivity contribution < 1.29 is 36.2 Å². The van der Waals surface area contributed by atoms with Gasteiger partial charge in [0.25, 0.3) is 0 Å². The monoisotopic (exact) mass is 600 g/mol. The molecule has 2 aromatic heterocycles. The summed E-state index contributed by atoms with van der Waals surface area (Å²) in [5, 5.41) is 18.1. The van der Waals surface area contributed by atoms with Crippen LogP contribution in [0.3, 0.4) is 0 Å². The number of anilines is 2. The van der Waals surface area contributed by atoms with Crippen LogP contribution < -0.4 is 24.7 Å². The number of ether oxygens (including phenoxy) is 2. The number of primary sulfonamides is 1. The summed E-state index contributed by atoms with van der Waals surface area (Å²) in [5.74, 6) is -1.16. The Bertz CT molecular complexity index is 1910. The van der Waals surface area contributed by atoms with Gasteiger partial charge < -0.3 is 19.9 Å². The van der Waals surface area contributed by atoms with Gasteiger partial charge in [0, 0.05) is 29.5 Å². The molecule has 214 valence electrons. The van der Waals surface area contributed by atoms with Crippen LogP contribution >= 0.6 is 0 Å².